The van der Waals surface area contributed by atoms with Crippen molar-refractivity contribution in [1.82, 2.24) is 15.2 Å². The van der Waals surface area contributed by atoms with E-state index in [0.717, 1.165) is 21.4 Å². The summed E-state index contributed by atoms with van der Waals surface area (Å²) in [5.41, 5.74) is 2.49. The summed E-state index contributed by atoms with van der Waals surface area (Å²) in [6.07, 6.45) is 3.56. The number of pyridine rings is 1. The molecule has 20 heavy (non-hydrogen) atoms. The SMILES string of the molecule is O=c1[nH]c2c(c3cc(-c4cn[nH]c4)sc13)COCC#C2. The minimum atomic E-state index is -0.102. The predicted molar refractivity (Wildman–Crippen MR) is 76.6 cm³/mol. The zero-order valence-corrected chi connectivity index (χ0v) is 11.1. The minimum Gasteiger partial charge on any atom is -0.364 e. The molecule has 4 rings (SSSR count). The first kappa shape index (κ1) is 11.5. The highest BCUT2D eigenvalue weighted by atomic mass is 32.1. The van der Waals surface area contributed by atoms with Crippen molar-refractivity contribution in [3.05, 3.63) is 40.1 Å². The van der Waals surface area contributed by atoms with E-state index in [1.54, 1.807) is 6.20 Å². The molecule has 3 aromatic heterocycles. The van der Waals surface area contributed by atoms with Crippen molar-refractivity contribution < 1.29 is 4.74 Å². The van der Waals surface area contributed by atoms with Crippen molar-refractivity contribution in [3.63, 3.8) is 0 Å². The molecule has 0 fully saturated rings. The van der Waals surface area contributed by atoms with Crippen LogP contribution in [0.3, 0.4) is 0 Å². The second-order valence-corrected chi connectivity index (χ2v) is 5.49. The largest absolute Gasteiger partial charge is 0.364 e. The van der Waals surface area contributed by atoms with Crippen LogP contribution >= 0.6 is 11.3 Å². The molecule has 1 aliphatic rings. The van der Waals surface area contributed by atoms with Crippen LogP contribution in [-0.4, -0.2) is 21.8 Å². The molecule has 0 radical (unpaired) electrons. The van der Waals surface area contributed by atoms with E-state index in [2.05, 4.69) is 27.0 Å². The minimum absolute atomic E-state index is 0.102. The van der Waals surface area contributed by atoms with Gasteiger partial charge in [-0.05, 0) is 12.0 Å². The maximum Gasteiger partial charge on any atom is 0.266 e. The van der Waals surface area contributed by atoms with Crippen LogP contribution in [0, 0.1) is 11.8 Å². The van der Waals surface area contributed by atoms with Crippen molar-refractivity contribution in [3.8, 4) is 22.3 Å². The second-order valence-electron chi connectivity index (χ2n) is 4.44. The van der Waals surface area contributed by atoms with Crippen LogP contribution in [0.2, 0.25) is 0 Å². The molecule has 98 valence electrons. The summed E-state index contributed by atoms with van der Waals surface area (Å²) >= 11 is 1.45. The topological polar surface area (TPSA) is 70.8 Å². The number of hydrogen-bond donors (Lipinski definition) is 2. The molecule has 0 unspecified atom stereocenters. The van der Waals surface area contributed by atoms with Gasteiger partial charge in [-0.3, -0.25) is 9.89 Å². The number of nitrogens with one attached hydrogen (secondary N) is 2. The number of nitrogens with zero attached hydrogens (tertiary/aromatic N) is 1. The highest BCUT2D eigenvalue weighted by Crippen LogP contribution is 2.33. The Morgan fingerprint density at radius 3 is 3.25 bits per heavy atom. The van der Waals surface area contributed by atoms with Gasteiger partial charge < -0.3 is 9.72 Å². The van der Waals surface area contributed by atoms with Gasteiger partial charge in [0.1, 0.15) is 11.3 Å². The fourth-order valence-electron chi connectivity index (χ4n) is 2.28. The molecule has 0 aromatic carbocycles. The molecule has 3 aromatic rings. The number of fused-ring (bicyclic) bond motifs is 3. The standard InChI is InChI=1S/C14H9N3O2S/c18-14-13-9(4-12(20-13)8-5-15-16-6-8)10-7-19-3-1-2-11(10)17-14/h4-6H,3,7H2,(H,15,16)(H,17,18). The zero-order chi connectivity index (χ0) is 13.5. The normalized spacial score (nSPS) is 13.6. The lowest BCUT2D eigenvalue weighted by Gasteiger charge is -2.03. The first-order chi connectivity index (χ1) is 9.83. The van der Waals surface area contributed by atoms with Gasteiger partial charge in [-0.15, -0.1) is 11.3 Å². The summed E-state index contributed by atoms with van der Waals surface area (Å²) in [6, 6.07) is 2.01. The van der Waals surface area contributed by atoms with Crippen LogP contribution in [0.15, 0.2) is 23.3 Å². The molecule has 0 aliphatic carbocycles. The lowest BCUT2D eigenvalue weighted by Crippen LogP contribution is -2.09. The van der Waals surface area contributed by atoms with Crippen LogP contribution in [-0.2, 0) is 11.3 Å². The Balaban J connectivity index is 2.04. The molecule has 0 saturated carbocycles. The van der Waals surface area contributed by atoms with Gasteiger partial charge in [0.05, 0.1) is 18.5 Å². The number of aromatic amines is 2. The molecule has 1 aliphatic heterocycles. The third-order valence-electron chi connectivity index (χ3n) is 3.22. The Morgan fingerprint density at radius 1 is 1.45 bits per heavy atom. The quantitative estimate of drug-likeness (QED) is 0.670. The number of thiophene rings is 1. The molecule has 2 N–H and O–H groups in total. The Morgan fingerprint density at radius 2 is 2.40 bits per heavy atom. The van der Waals surface area contributed by atoms with Gasteiger partial charge in [0.2, 0.25) is 0 Å². The summed E-state index contributed by atoms with van der Waals surface area (Å²) in [5, 5.41) is 7.64. The maximum absolute atomic E-state index is 12.2. The molecule has 5 nitrogen and oxygen atoms in total. The van der Waals surface area contributed by atoms with Gasteiger partial charge in [0, 0.05) is 27.6 Å². The van der Waals surface area contributed by atoms with E-state index in [4.69, 9.17) is 4.74 Å². The smallest absolute Gasteiger partial charge is 0.266 e. The van der Waals surface area contributed by atoms with Gasteiger partial charge in [-0.2, -0.15) is 5.10 Å². The molecule has 4 heterocycles. The number of aromatic nitrogens is 3. The Kier molecular flexibility index (Phi) is 2.49. The van der Waals surface area contributed by atoms with Gasteiger partial charge in [0.15, 0.2) is 0 Å². The van der Waals surface area contributed by atoms with E-state index in [0.29, 0.717) is 23.6 Å². The molecule has 0 bridgehead atoms. The lowest BCUT2D eigenvalue weighted by molar-refractivity contribution is 0.155. The van der Waals surface area contributed by atoms with E-state index in [1.165, 1.54) is 11.3 Å². The molecule has 0 amide bonds. The third-order valence-corrected chi connectivity index (χ3v) is 4.40. The van der Waals surface area contributed by atoms with Crippen LogP contribution in [0.5, 0.6) is 0 Å². The van der Waals surface area contributed by atoms with Gasteiger partial charge >= 0.3 is 0 Å². The van der Waals surface area contributed by atoms with E-state index < -0.39 is 0 Å². The van der Waals surface area contributed by atoms with E-state index in [1.807, 2.05) is 12.3 Å². The van der Waals surface area contributed by atoms with Crippen LogP contribution in [0.4, 0.5) is 0 Å². The van der Waals surface area contributed by atoms with Crippen molar-refractivity contribution in [1.29, 1.82) is 0 Å². The fraction of sp³-hybridized carbons (Fsp3) is 0.143. The summed E-state index contributed by atoms with van der Waals surface area (Å²) in [5.74, 6) is 5.83. The number of hydrogen-bond acceptors (Lipinski definition) is 4. The van der Waals surface area contributed by atoms with Crippen LogP contribution < -0.4 is 5.56 Å². The van der Waals surface area contributed by atoms with Gasteiger partial charge in [-0.1, -0.05) is 5.92 Å². The maximum atomic E-state index is 12.2. The lowest BCUT2D eigenvalue weighted by atomic mass is 10.1. The molecular formula is C14H9N3O2S. The Labute approximate surface area is 117 Å². The van der Waals surface area contributed by atoms with E-state index >= 15 is 0 Å². The number of ether oxygens (including phenoxy) is 1. The molecule has 6 heteroatoms. The average Bonchev–Trinajstić information content (AvgIpc) is 3.05. The molecule has 0 saturated heterocycles. The van der Waals surface area contributed by atoms with E-state index in [-0.39, 0.29) is 5.56 Å². The van der Waals surface area contributed by atoms with Crippen molar-refractivity contribution in [2.45, 2.75) is 6.61 Å². The molecule has 0 atom stereocenters. The summed E-state index contributed by atoms with van der Waals surface area (Å²) in [7, 11) is 0. The molecular weight excluding hydrogens is 274 g/mol. The average molecular weight is 283 g/mol. The summed E-state index contributed by atoms with van der Waals surface area (Å²) < 4.78 is 6.16. The summed E-state index contributed by atoms with van der Waals surface area (Å²) in [4.78, 5) is 16.0. The van der Waals surface area contributed by atoms with Crippen molar-refractivity contribution in [2.75, 3.05) is 6.61 Å². The van der Waals surface area contributed by atoms with Gasteiger partial charge in [-0.25, -0.2) is 0 Å². The monoisotopic (exact) mass is 283 g/mol. The first-order valence-electron chi connectivity index (χ1n) is 6.07. The second kappa shape index (κ2) is 4.34. The number of H-pyrrole nitrogens is 2. The predicted octanol–water partition coefficient (Wildman–Crippen LogP) is 1.86. The zero-order valence-electron chi connectivity index (χ0n) is 10.3. The van der Waals surface area contributed by atoms with E-state index in [9.17, 15) is 4.79 Å². The Bertz CT molecular complexity index is 910. The molecule has 0 spiro atoms. The Hall–Kier alpha value is -2.36. The van der Waals surface area contributed by atoms with Crippen molar-refractivity contribution in [2.24, 2.45) is 0 Å². The third kappa shape index (κ3) is 1.68. The highest BCUT2D eigenvalue weighted by Gasteiger charge is 2.16. The fourth-order valence-corrected chi connectivity index (χ4v) is 3.34. The highest BCUT2D eigenvalue weighted by molar-refractivity contribution is 7.22. The summed E-state index contributed by atoms with van der Waals surface area (Å²) in [6.45, 7) is 0.834. The van der Waals surface area contributed by atoms with Crippen LogP contribution in [0.1, 0.15) is 11.3 Å². The van der Waals surface area contributed by atoms with Crippen molar-refractivity contribution >= 4 is 21.4 Å². The number of rotatable bonds is 1. The van der Waals surface area contributed by atoms with Crippen LogP contribution in [0.25, 0.3) is 20.5 Å². The van der Waals surface area contributed by atoms with Gasteiger partial charge in [0.25, 0.3) is 5.56 Å². The first-order valence-corrected chi connectivity index (χ1v) is 6.89.